The maximum absolute atomic E-state index is 11.8. The van der Waals surface area contributed by atoms with Crippen LogP contribution < -0.4 is 4.72 Å². The Morgan fingerprint density at radius 2 is 2.24 bits per heavy atom. The monoisotopic (exact) mass is 336 g/mol. The van der Waals surface area contributed by atoms with Crippen molar-refractivity contribution in [2.75, 3.05) is 4.72 Å². The van der Waals surface area contributed by atoms with Crippen LogP contribution in [0.2, 0.25) is 5.15 Å². The van der Waals surface area contributed by atoms with Crippen LogP contribution >= 0.6 is 27.5 Å². The van der Waals surface area contributed by atoms with E-state index in [0.29, 0.717) is 4.47 Å². The number of nitrogens with zero attached hydrogens (tertiary/aromatic N) is 2. The van der Waals surface area contributed by atoms with E-state index in [-0.39, 0.29) is 15.9 Å². The number of hydrogen-bond donors (Lipinski definition) is 2. The second kappa shape index (κ2) is 4.63. The summed E-state index contributed by atoms with van der Waals surface area (Å²) in [6.07, 6.45) is 2.81. The molecular weight excluding hydrogens is 332 g/mol. The highest BCUT2D eigenvalue weighted by atomic mass is 79.9. The first-order valence-corrected chi connectivity index (χ1v) is 6.98. The Balaban J connectivity index is 2.36. The number of rotatable bonds is 3. The van der Waals surface area contributed by atoms with E-state index in [9.17, 15) is 8.42 Å². The van der Waals surface area contributed by atoms with Gasteiger partial charge in [0.05, 0.1) is 11.9 Å². The Bertz CT molecular complexity index is 629. The number of H-pyrrole nitrogens is 1. The van der Waals surface area contributed by atoms with E-state index in [0.717, 1.165) is 0 Å². The zero-order valence-corrected chi connectivity index (χ0v) is 11.3. The van der Waals surface area contributed by atoms with Crippen LogP contribution in [0.1, 0.15) is 0 Å². The zero-order chi connectivity index (χ0) is 12.5. The minimum Gasteiger partial charge on any atom is -0.275 e. The van der Waals surface area contributed by atoms with Gasteiger partial charge in [-0.1, -0.05) is 11.6 Å². The lowest BCUT2D eigenvalue weighted by Crippen LogP contribution is -2.14. The number of aromatic amines is 1. The molecule has 0 unspecified atom stereocenters. The standard InChI is InChI=1S/C8H6BrClN4O2S/c9-5-3-6(8(10)11-4-5)14-17(15,16)7-1-2-12-13-7/h1-4,14H,(H,12,13). The first kappa shape index (κ1) is 12.3. The van der Waals surface area contributed by atoms with E-state index in [1.807, 2.05) is 0 Å². The smallest absolute Gasteiger partial charge is 0.275 e. The quantitative estimate of drug-likeness (QED) is 0.839. The van der Waals surface area contributed by atoms with E-state index >= 15 is 0 Å². The highest BCUT2D eigenvalue weighted by Crippen LogP contribution is 2.25. The van der Waals surface area contributed by atoms with Gasteiger partial charge in [-0.05, 0) is 28.1 Å². The second-order valence-electron chi connectivity index (χ2n) is 3.02. The van der Waals surface area contributed by atoms with Gasteiger partial charge in [-0.25, -0.2) is 4.98 Å². The minimum atomic E-state index is -3.72. The van der Waals surface area contributed by atoms with Crippen molar-refractivity contribution < 1.29 is 8.42 Å². The molecule has 0 spiro atoms. The summed E-state index contributed by atoms with van der Waals surface area (Å²) < 4.78 is 26.6. The van der Waals surface area contributed by atoms with E-state index < -0.39 is 10.0 Å². The van der Waals surface area contributed by atoms with E-state index in [1.165, 1.54) is 24.5 Å². The largest absolute Gasteiger partial charge is 0.278 e. The summed E-state index contributed by atoms with van der Waals surface area (Å²) in [6.45, 7) is 0. The second-order valence-corrected chi connectivity index (χ2v) is 5.94. The Morgan fingerprint density at radius 1 is 1.47 bits per heavy atom. The molecule has 17 heavy (non-hydrogen) atoms. The van der Waals surface area contributed by atoms with Crippen LogP contribution in [0.25, 0.3) is 0 Å². The molecule has 90 valence electrons. The summed E-state index contributed by atoms with van der Waals surface area (Å²) in [5.74, 6) is 0. The van der Waals surface area contributed by atoms with Gasteiger partial charge in [-0.2, -0.15) is 13.5 Å². The van der Waals surface area contributed by atoms with Gasteiger partial charge in [0.25, 0.3) is 10.0 Å². The molecule has 2 rings (SSSR count). The predicted molar refractivity (Wildman–Crippen MR) is 66.3 cm³/mol. The summed E-state index contributed by atoms with van der Waals surface area (Å²) in [4.78, 5) is 3.81. The number of nitrogens with one attached hydrogen (secondary N) is 2. The van der Waals surface area contributed by atoms with Crippen molar-refractivity contribution in [2.24, 2.45) is 0 Å². The summed E-state index contributed by atoms with van der Waals surface area (Å²) in [7, 11) is -3.72. The van der Waals surface area contributed by atoms with Gasteiger partial charge < -0.3 is 0 Å². The molecule has 0 fully saturated rings. The molecule has 2 heterocycles. The predicted octanol–water partition coefficient (Wildman–Crippen LogP) is 2.02. The van der Waals surface area contributed by atoms with Crippen molar-refractivity contribution >= 4 is 43.2 Å². The molecule has 9 heteroatoms. The molecule has 0 aliphatic rings. The van der Waals surface area contributed by atoms with Crippen LogP contribution in [0.4, 0.5) is 5.69 Å². The fraction of sp³-hybridized carbons (Fsp3) is 0. The van der Waals surface area contributed by atoms with E-state index in [1.54, 1.807) is 0 Å². The fourth-order valence-corrected chi connectivity index (χ4v) is 2.59. The van der Waals surface area contributed by atoms with Gasteiger partial charge in [0, 0.05) is 10.7 Å². The van der Waals surface area contributed by atoms with E-state index in [4.69, 9.17) is 11.6 Å². The third-order valence-electron chi connectivity index (χ3n) is 1.81. The molecular formula is C8H6BrClN4O2S. The molecule has 2 aromatic rings. The van der Waals surface area contributed by atoms with Gasteiger partial charge in [0.1, 0.15) is 0 Å². The van der Waals surface area contributed by atoms with Gasteiger partial charge in [-0.15, -0.1) is 0 Å². The van der Waals surface area contributed by atoms with Crippen molar-refractivity contribution in [3.63, 3.8) is 0 Å². The van der Waals surface area contributed by atoms with Crippen molar-refractivity contribution in [3.05, 3.63) is 34.2 Å². The lowest BCUT2D eigenvalue weighted by molar-refractivity contribution is 0.597. The fourth-order valence-electron chi connectivity index (χ4n) is 1.09. The topological polar surface area (TPSA) is 87.7 Å². The maximum Gasteiger partial charge on any atom is 0.278 e. The highest BCUT2D eigenvalue weighted by molar-refractivity contribution is 9.10. The average Bonchev–Trinajstić information content (AvgIpc) is 2.77. The number of sulfonamides is 1. The normalized spacial score (nSPS) is 11.4. The molecule has 0 saturated carbocycles. The number of halogens is 2. The van der Waals surface area contributed by atoms with Crippen LogP contribution in [-0.2, 0) is 10.0 Å². The van der Waals surface area contributed by atoms with E-state index in [2.05, 4.69) is 35.8 Å². The number of anilines is 1. The van der Waals surface area contributed by atoms with Crippen molar-refractivity contribution in [1.29, 1.82) is 0 Å². The first-order chi connectivity index (χ1) is 7.99. The van der Waals surface area contributed by atoms with Gasteiger partial charge in [-0.3, -0.25) is 9.82 Å². The Morgan fingerprint density at radius 3 is 2.88 bits per heavy atom. The summed E-state index contributed by atoms with van der Waals surface area (Å²) in [5, 5.41) is 5.94. The van der Waals surface area contributed by atoms with Crippen LogP contribution in [0.3, 0.4) is 0 Å². The van der Waals surface area contributed by atoms with Crippen LogP contribution in [0.15, 0.2) is 34.0 Å². The third-order valence-corrected chi connectivity index (χ3v) is 3.84. The average molecular weight is 338 g/mol. The number of hydrogen-bond acceptors (Lipinski definition) is 4. The number of aromatic nitrogens is 3. The van der Waals surface area contributed by atoms with Crippen LogP contribution in [-0.4, -0.2) is 23.6 Å². The molecule has 0 aliphatic heterocycles. The van der Waals surface area contributed by atoms with Gasteiger partial charge in [0.15, 0.2) is 10.2 Å². The highest BCUT2D eigenvalue weighted by Gasteiger charge is 2.17. The van der Waals surface area contributed by atoms with Crippen molar-refractivity contribution in [2.45, 2.75) is 5.03 Å². The third kappa shape index (κ3) is 2.76. The molecule has 2 N–H and O–H groups in total. The summed E-state index contributed by atoms with van der Waals surface area (Å²) in [5.41, 5.74) is 0.190. The van der Waals surface area contributed by atoms with Gasteiger partial charge in [0.2, 0.25) is 0 Å². The number of pyridine rings is 1. The molecule has 0 saturated heterocycles. The molecule has 2 aromatic heterocycles. The summed E-state index contributed by atoms with van der Waals surface area (Å²) in [6, 6.07) is 2.85. The molecule has 0 atom stereocenters. The molecule has 6 nitrogen and oxygen atoms in total. The van der Waals surface area contributed by atoms with Crippen LogP contribution in [0, 0.1) is 0 Å². The lowest BCUT2D eigenvalue weighted by Gasteiger charge is -2.07. The zero-order valence-electron chi connectivity index (χ0n) is 8.18. The molecule has 0 bridgehead atoms. The molecule has 0 amide bonds. The molecule has 0 aromatic carbocycles. The minimum absolute atomic E-state index is 0.0476. The van der Waals surface area contributed by atoms with Crippen LogP contribution in [0.5, 0.6) is 0 Å². The molecule has 0 radical (unpaired) electrons. The Labute approximate surface area is 111 Å². The SMILES string of the molecule is O=S(=O)(Nc1cc(Br)cnc1Cl)c1ccn[nH]1. The van der Waals surface area contributed by atoms with Gasteiger partial charge >= 0.3 is 0 Å². The first-order valence-electron chi connectivity index (χ1n) is 4.32. The Hall–Kier alpha value is -1.12. The van der Waals surface area contributed by atoms with Crippen molar-refractivity contribution in [3.8, 4) is 0 Å². The molecule has 0 aliphatic carbocycles. The lowest BCUT2D eigenvalue weighted by atomic mass is 10.4. The maximum atomic E-state index is 11.8. The summed E-state index contributed by atoms with van der Waals surface area (Å²) >= 11 is 8.96. The Kier molecular flexibility index (Phi) is 3.36. The van der Waals surface area contributed by atoms with Crippen molar-refractivity contribution in [1.82, 2.24) is 15.2 Å².